The van der Waals surface area contributed by atoms with Crippen LogP contribution in [0.3, 0.4) is 0 Å². The fourth-order valence-corrected chi connectivity index (χ4v) is 0.0943. The third-order valence-electron chi connectivity index (χ3n) is 0.197. The molecular formula is CH4N4O2. The van der Waals surface area contributed by atoms with E-state index >= 15 is 0 Å². The number of hydrazone groups is 1. The molecule has 0 atom stereocenters. The maximum Gasteiger partial charge on any atom is 0.263 e. The van der Waals surface area contributed by atoms with E-state index in [1.54, 1.807) is 0 Å². The Balaban J connectivity index is 3.68. The van der Waals surface area contributed by atoms with Crippen LogP contribution in [0.4, 0.5) is 0 Å². The second kappa shape index (κ2) is 1.96. The number of hydrogen-bond donors (Lipinski definition) is 2. The quantitative estimate of drug-likeness (QED) is 0.138. The SMILES string of the molecule is NC(N)=N[15N+](=O)[O-]. The molecule has 0 saturated carbocycles. The van der Waals surface area contributed by atoms with Crippen LogP contribution in [0.25, 0.3) is 0 Å². The van der Waals surface area contributed by atoms with Gasteiger partial charge in [-0.3, -0.25) is 0 Å². The zero-order valence-electron chi connectivity index (χ0n) is 3.37. The lowest BCUT2D eigenvalue weighted by molar-refractivity contribution is -0.485. The Morgan fingerprint density at radius 3 is 2.14 bits per heavy atom. The van der Waals surface area contributed by atoms with Crippen molar-refractivity contribution in [3.05, 3.63) is 10.1 Å². The Bertz CT molecular complexity index is 102. The summed E-state index contributed by atoms with van der Waals surface area (Å²) in [5.41, 5.74) is 9.16. The van der Waals surface area contributed by atoms with E-state index < -0.39 is 11.0 Å². The van der Waals surface area contributed by atoms with Crippen LogP contribution in [0.5, 0.6) is 0 Å². The van der Waals surface area contributed by atoms with Gasteiger partial charge in [-0.15, -0.1) is 0 Å². The number of rotatable bonds is 1. The molecule has 0 aromatic heterocycles. The maximum absolute atomic E-state index is 9.27. The molecule has 0 unspecified atom stereocenters. The minimum atomic E-state index is -0.963. The third kappa shape index (κ3) is 4.67. The van der Waals surface area contributed by atoms with Gasteiger partial charge >= 0.3 is 0 Å². The first kappa shape index (κ1) is 5.67. The first-order valence-corrected chi connectivity index (χ1v) is 1.37. The molecule has 0 aromatic rings. The van der Waals surface area contributed by atoms with Crippen molar-refractivity contribution in [1.29, 1.82) is 0 Å². The van der Waals surface area contributed by atoms with Gasteiger partial charge < -0.3 is 11.5 Å². The Morgan fingerprint density at radius 2 is 2.14 bits per heavy atom. The first-order valence-electron chi connectivity index (χ1n) is 1.37. The summed E-state index contributed by atoms with van der Waals surface area (Å²) in [4.78, 5) is 9.27. The van der Waals surface area contributed by atoms with Crippen LogP contribution < -0.4 is 11.5 Å². The molecule has 0 spiro atoms. The van der Waals surface area contributed by atoms with Crippen molar-refractivity contribution in [3.8, 4) is 0 Å². The van der Waals surface area contributed by atoms with Gasteiger partial charge in [-0.2, -0.15) is 0 Å². The van der Waals surface area contributed by atoms with Gasteiger partial charge in [0.15, 0.2) is 5.03 Å². The molecule has 7 heavy (non-hydrogen) atoms. The Labute approximate surface area is 38.9 Å². The van der Waals surface area contributed by atoms with E-state index in [4.69, 9.17) is 0 Å². The molecule has 0 rings (SSSR count). The zero-order chi connectivity index (χ0) is 5.86. The summed E-state index contributed by atoms with van der Waals surface area (Å²) in [6, 6.07) is 0. The molecule has 6 heteroatoms. The highest BCUT2D eigenvalue weighted by atomic mass is 16.9. The second-order valence-electron chi connectivity index (χ2n) is 0.763. The molecule has 0 saturated heterocycles. The van der Waals surface area contributed by atoms with Gasteiger partial charge in [0.25, 0.3) is 5.96 Å². The van der Waals surface area contributed by atoms with E-state index in [-0.39, 0.29) is 0 Å². The lowest BCUT2D eigenvalue weighted by Crippen LogP contribution is -2.23. The average Bonchev–Trinajstić information content (AvgIpc) is 1.27. The fourth-order valence-electron chi connectivity index (χ4n) is 0.0943. The minimum absolute atomic E-state index is 0.537. The van der Waals surface area contributed by atoms with Crippen LogP contribution in [-0.2, 0) is 0 Å². The van der Waals surface area contributed by atoms with Gasteiger partial charge in [-0.1, -0.05) is 0 Å². The van der Waals surface area contributed by atoms with Crippen molar-refractivity contribution in [3.63, 3.8) is 0 Å². The summed E-state index contributed by atoms with van der Waals surface area (Å²) < 4.78 is 0. The van der Waals surface area contributed by atoms with Crippen LogP contribution >= 0.6 is 0 Å². The molecule has 0 fully saturated rings. The third-order valence-corrected chi connectivity index (χ3v) is 0.197. The van der Waals surface area contributed by atoms with E-state index in [1.807, 2.05) is 0 Å². The van der Waals surface area contributed by atoms with Crippen molar-refractivity contribution in [1.82, 2.24) is 0 Å². The zero-order valence-corrected chi connectivity index (χ0v) is 3.37. The molecule has 0 aliphatic carbocycles. The lowest BCUT2D eigenvalue weighted by Gasteiger charge is -1.76. The lowest BCUT2D eigenvalue weighted by atomic mass is 11.1. The van der Waals surface area contributed by atoms with Gasteiger partial charge in [0.2, 0.25) is 0 Å². The molecule has 6 nitrogen and oxygen atoms in total. The van der Waals surface area contributed by atoms with Crippen LogP contribution in [0.15, 0.2) is 5.10 Å². The Hall–Kier alpha value is -1.33. The van der Waals surface area contributed by atoms with Crippen molar-refractivity contribution < 1.29 is 5.03 Å². The van der Waals surface area contributed by atoms with Gasteiger partial charge in [0, 0.05) is 0 Å². The summed E-state index contributed by atoms with van der Waals surface area (Å²) in [5.74, 6) is -0.537. The summed E-state index contributed by atoms with van der Waals surface area (Å²) >= 11 is 0. The minimum Gasteiger partial charge on any atom is -0.365 e. The van der Waals surface area contributed by atoms with E-state index in [0.29, 0.717) is 0 Å². The Kier molecular flexibility index (Phi) is 1.58. The molecule has 40 valence electrons. The predicted octanol–water partition coefficient (Wildman–Crippen LogP) is -1.55. The van der Waals surface area contributed by atoms with Crippen molar-refractivity contribution in [2.45, 2.75) is 0 Å². The van der Waals surface area contributed by atoms with E-state index in [1.165, 1.54) is 0 Å². The van der Waals surface area contributed by atoms with Crippen LogP contribution in [0, 0.1) is 10.1 Å². The molecule has 4 N–H and O–H groups in total. The standard InChI is InChI=1S/CH4N4O2/c2-1(3)4-5(6)7/h(H4,2,3,4)/i5+1. The highest BCUT2D eigenvalue weighted by Gasteiger charge is 1.87. The molecule has 0 aromatic carbocycles. The highest BCUT2D eigenvalue weighted by Crippen LogP contribution is 1.62. The van der Waals surface area contributed by atoms with E-state index in [9.17, 15) is 10.1 Å². The van der Waals surface area contributed by atoms with Crippen molar-refractivity contribution >= 4 is 5.96 Å². The van der Waals surface area contributed by atoms with Crippen molar-refractivity contribution in [2.75, 3.05) is 0 Å². The predicted molar refractivity (Wildman–Crippen MR) is 22.8 cm³/mol. The summed E-state index contributed by atoms with van der Waals surface area (Å²) in [7, 11) is 0. The molecule has 0 heterocycles. The second-order valence-corrected chi connectivity index (χ2v) is 0.763. The van der Waals surface area contributed by atoms with Crippen molar-refractivity contribution in [2.24, 2.45) is 16.6 Å². The smallest absolute Gasteiger partial charge is 0.263 e. The fraction of sp³-hybridized carbons (Fsp3) is 0. The first-order chi connectivity index (χ1) is 3.13. The topological polar surface area (TPSA) is 108 Å². The van der Waals surface area contributed by atoms with E-state index in [2.05, 4.69) is 16.6 Å². The summed E-state index contributed by atoms with van der Waals surface area (Å²) in [5, 5.41) is 10.8. The molecular weight excluding hydrogens is 101 g/mol. The number of guanidine groups is 1. The normalized spacial score (nSPS) is 7.43. The van der Waals surface area contributed by atoms with Crippen LogP contribution in [-0.4, -0.2) is 11.0 Å². The number of nitrogens with two attached hydrogens (primary N) is 2. The summed E-state index contributed by atoms with van der Waals surface area (Å²) in [6.45, 7) is 0. The summed E-state index contributed by atoms with van der Waals surface area (Å²) in [6.07, 6.45) is 0. The number of nitrogens with zero attached hydrogens (tertiary/aromatic N) is 2. The average molecular weight is 105 g/mol. The molecule has 0 aliphatic rings. The maximum atomic E-state index is 9.27. The van der Waals surface area contributed by atoms with Gasteiger partial charge in [0.05, 0.1) is 5.10 Å². The Morgan fingerprint density at radius 1 is 1.71 bits per heavy atom. The van der Waals surface area contributed by atoms with Gasteiger partial charge in [-0.05, 0) is 0 Å². The number of hydrogen-bond acceptors (Lipinski definition) is 2. The van der Waals surface area contributed by atoms with Gasteiger partial charge in [0.1, 0.15) is 0 Å². The molecule has 0 amide bonds. The highest BCUT2D eigenvalue weighted by molar-refractivity contribution is 5.74. The molecule has 0 aliphatic heterocycles. The largest absolute Gasteiger partial charge is 0.365 e. The molecule has 0 bridgehead atoms. The molecule has 0 radical (unpaired) electrons. The monoisotopic (exact) mass is 105 g/mol. The van der Waals surface area contributed by atoms with Gasteiger partial charge in [-0.25, -0.2) is 10.1 Å². The van der Waals surface area contributed by atoms with Crippen LogP contribution in [0.2, 0.25) is 0 Å². The van der Waals surface area contributed by atoms with E-state index in [0.717, 1.165) is 0 Å². The van der Waals surface area contributed by atoms with Crippen LogP contribution in [0.1, 0.15) is 0 Å². The number of nitro groups is 1.